The van der Waals surface area contributed by atoms with Gasteiger partial charge in [-0.25, -0.2) is 0 Å². The quantitative estimate of drug-likeness (QED) is 0.673. The molecule has 124 valence electrons. The zero-order chi connectivity index (χ0) is 16.5. The number of methoxy groups -OCH3 is 2. The summed E-state index contributed by atoms with van der Waals surface area (Å²) in [6.07, 6.45) is 0.214. The molecule has 5 heteroatoms. The first-order valence-electron chi connectivity index (χ1n) is 7.48. The number of hydrogen-bond donors (Lipinski definition) is 1. The van der Waals surface area contributed by atoms with Crippen LogP contribution in [0, 0.1) is 11.8 Å². The molecular formula is C17H26O5. The first-order chi connectivity index (χ1) is 10.5. The zero-order valence-electron chi connectivity index (χ0n) is 13.7. The highest BCUT2D eigenvalue weighted by Crippen LogP contribution is 2.33. The lowest BCUT2D eigenvalue weighted by Gasteiger charge is -2.27. The highest BCUT2D eigenvalue weighted by molar-refractivity contribution is 5.71. The van der Waals surface area contributed by atoms with E-state index >= 15 is 0 Å². The van der Waals surface area contributed by atoms with Crippen molar-refractivity contribution in [2.75, 3.05) is 27.4 Å². The number of rotatable bonds is 10. The Bertz CT molecular complexity index is 458. The Hall–Kier alpha value is -1.59. The van der Waals surface area contributed by atoms with Crippen LogP contribution in [0.5, 0.6) is 5.75 Å². The largest absolute Gasteiger partial charge is 0.497 e. The molecule has 22 heavy (non-hydrogen) atoms. The van der Waals surface area contributed by atoms with E-state index in [0.29, 0.717) is 19.0 Å². The molecule has 1 rings (SSSR count). The van der Waals surface area contributed by atoms with E-state index in [0.717, 1.165) is 12.0 Å². The minimum atomic E-state index is -0.852. The van der Waals surface area contributed by atoms with Crippen molar-refractivity contribution in [1.82, 2.24) is 0 Å². The Morgan fingerprint density at radius 1 is 1.23 bits per heavy atom. The summed E-state index contributed by atoms with van der Waals surface area (Å²) in [5.74, 6) is -0.823. The molecule has 0 bridgehead atoms. The van der Waals surface area contributed by atoms with Crippen molar-refractivity contribution < 1.29 is 24.1 Å². The van der Waals surface area contributed by atoms with Crippen molar-refractivity contribution in [3.8, 4) is 5.75 Å². The third-order valence-corrected chi connectivity index (χ3v) is 3.54. The van der Waals surface area contributed by atoms with Crippen LogP contribution in [-0.4, -0.2) is 38.5 Å². The van der Waals surface area contributed by atoms with Gasteiger partial charge in [-0.3, -0.25) is 4.79 Å². The van der Waals surface area contributed by atoms with Crippen LogP contribution in [0.2, 0.25) is 0 Å². The zero-order valence-corrected chi connectivity index (χ0v) is 13.7. The van der Waals surface area contributed by atoms with Crippen LogP contribution < -0.4 is 4.74 Å². The lowest BCUT2D eigenvalue weighted by atomic mass is 9.86. The van der Waals surface area contributed by atoms with Gasteiger partial charge in [0.25, 0.3) is 0 Å². The normalized spacial score (nSPS) is 13.9. The SMILES string of the molecule is COCCCO[C@@H](c1cccc(OC)c1)C(C(=O)O)C(C)C. The summed E-state index contributed by atoms with van der Waals surface area (Å²) in [7, 11) is 3.22. The first-order valence-corrected chi connectivity index (χ1v) is 7.48. The predicted octanol–water partition coefficient (Wildman–Crippen LogP) is 3.15. The average Bonchev–Trinajstić information content (AvgIpc) is 2.49. The standard InChI is InChI=1S/C17H26O5/c1-12(2)15(17(18)19)16(22-10-6-9-20-3)13-7-5-8-14(11-13)21-4/h5,7-8,11-12,15-16H,6,9-10H2,1-4H3,(H,18,19)/t15?,16-/m0/s1. The summed E-state index contributed by atoms with van der Waals surface area (Å²) in [4.78, 5) is 11.7. The summed E-state index contributed by atoms with van der Waals surface area (Å²) in [6.45, 7) is 4.82. The van der Waals surface area contributed by atoms with Gasteiger partial charge >= 0.3 is 5.97 Å². The smallest absolute Gasteiger partial charge is 0.309 e. The Labute approximate surface area is 132 Å². The van der Waals surface area contributed by atoms with Crippen molar-refractivity contribution in [1.29, 1.82) is 0 Å². The number of hydrogen-bond acceptors (Lipinski definition) is 4. The number of benzene rings is 1. The molecule has 2 atom stereocenters. The molecule has 1 unspecified atom stereocenters. The number of carboxylic acids is 1. The van der Waals surface area contributed by atoms with E-state index in [9.17, 15) is 9.90 Å². The first kappa shape index (κ1) is 18.5. The van der Waals surface area contributed by atoms with E-state index < -0.39 is 18.0 Å². The number of ether oxygens (including phenoxy) is 3. The molecule has 1 N–H and O–H groups in total. The van der Waals surface area contributed by atoms with Gasteiger partial charge < -0.3 is 19.3 Å². The average molecular weight is 310 g/mol. The van der Waals surface area contributed by atoms with Gasteiger partial charge in [-0.2, -0.15) is 0 Å². The molecule has 0 amide bonds. The maximum absolute atomic E-state index is 11.7. The summed E-state index contributed by atoms with van der Waals surface area (Å²) >= 11 is 0. The molecule has 0 aliphatic carbocycles. The Balaban J connectivity index is 3.00. The van der Waals surface area contributed by atoms with Gasteiger partial charge in [0.2, 0.25) is 0 Å². The van der Waals surface area contributed by atoms with Crippen LogP contribution in [0.15, 0.2) is 24.3 Å². The second-order valence-electron chi connectivity index (χ2n) is 5.52. The molecule has 0 fully saturated rings. The van der Waals surface area contributed by atoms with Crippen LogP contribution in [0.4, 0.5) is 0 Å². The summed E-state index contributed by atoms with van der Waals surface area (Å²) in [5.41, 5.74) is 0.817. The van der Waals surface area contributed by atoms with Gasteiger partial charge in [0.1, 0.15) is 5.75 Å². The highest BCUT2D eigenvalue weighted by Gasteiger charge is 2.33. The fourth-order valence-electron chi connectivity index (χ4n) is 2.40. The van der Waals surface area contributed by atoms with Gasteiger partial charge in [0, 0.05) is 20.3 Å². The molecule has 0 heterocycles. The van der Waals surface area contributed by atoms with Gasteiger partial charge in [-0.15, -0.1) is 0 Å². The summed E-state index contributed by atoms with van der Waals surface area (Å²) in [6, 6.07) is 7.39. The van der Waals surface area contributed by atoms with E-state index in [2.05, 4.69) is 0 Å². The van der Waals surface area contributed by atoms with Gasteiger partial charge in [-0.1, -0.05) is 26.0 Å². The molecule has 1 aromatic carbocycles. The van der Waals surface area contributed by atoms with Crippen LogP contribution in [0.25, 0.3) is 0 Å². The minimum Gasteiger partial charge on any atom is -0.497 e. The molecule has 0 aromatic heterocycles. The van der Waals surface area contributed by atoms with E-state index in [1.807, 2.05) is 38.1 Å². The van der Waals surface area contributed by atoms with Crippen molar-refractivity contribution in [3.63, 3.8) is 0 Å². The molecule has 0 saturated heterocycles. The lowest BCUT2D eigenvalue weighted by Crippen LogP contribution is -2.29. The summed E-state index contributed by atoms with van der Waals surface area (Å²) < 4.78 is 16.1. The van der Waals surface area contributed by atoms with Crippen LogP contribution in [-0.2, 0) is 14.3 Å². The molecule has 0 aliphatic rings. The Morgan fingerprint density at radius 3 is 2.50 bits per heavy atom. The van der Waals surface area contributed by atoms with Crippen LogP contribution in [0.1, 0.15) is 31.9 Å². The van der Waals surface area contributed by atoms with Crippen LogP contribution in [0.3, 0.4) is 0 Å². The van der Waals surface area contributed by atoms with Crippen molar-refractivity contribution in [3.05, 3.63) is 29.8 Å². The molecule has 1 aromatic rings. The number of carbonyl (C=O) groups is 1. The Morgan fingerprint density at radius 2 is 1.95 bits per heavy atom. The maximum Gasteiger partial charge on any atom is 0.309 e. The second-order valence-corrected chi connectivity index (χ2v) is 5.52. The van der Waals surface area contributed by atoms with Gasteiger partial charge in [0.15, 0.2) is 0 Å². The minimum absolute atomic E-state index is 0.0453. The van der Waals surface area contributed by atoms with E-state index in [1.54, 1.807) is 14.2 Å². The van der Waals surface area contributed by atoms with Gasteiger partial charge in [-0.05, 0) is 30.0 Å². The molecule has 0 spiro atoms. The second kappa shape index (κ2) is 9.43. The topological polar surface area (TPSA) is 65.0 Å². The Kier molecular flexibility index (Phi) is 7.91. The monoisotopic (exact) mass is 310 g/mol. The third kappa shape index (κ3) is 5.31. The van der Waals surface area contributed by atoms with Crippen molar-refractivity contribution >= 4 is 5.97 Å². The van der Waals surface area contributed by atoms with E-state index in [4.69, 9.17) is 14.2 Å². The molecule has 0 aliphatic heterocycles. The lowest BCUT2D eigenvalue weighted by molar-refractivity contribution is -0.150. The number of aliphatic carboxylic acids is 1. The maximum atomic E-state index is 11.7. The summed E-state index contributed by atoms with van der Waals surface area (Å²) in [5, 5.41) is 9.57. The molecule has 0 saturated carbocycles. The van der Waals surface area contributed by atoms with E-state index in [-0.39, 0.29) is 5.92 Å². The van der Waals surface area contributed by atoms with Crippen molar-refractivity contribution in [2.45, 2.75) is 26.4 Å². The van der Waals surface area contributed by atoms with Crippen LogP contribution >= 0.6 is 0 Å². The molecule has 5 nitrogen and oxygen atoms in total. The molecule has 0 radical (unpaired) electrons. The fraction of sp³-hybridized carbons (Fsp3) is 0.588. The number of carboxylic acid groups (broad SMARTS) is 1. The fourth-order valence-corrected chi connectivity index (χ4v) is 2.40. The third-order valence-electron chi connectivity index (χ3n) is 3.54. The van der Waals surface area contributed by atoms with Crippen molar-refractivity contribution in [2.24, 2.45) is 11.8 Å². The predicted molar refractivity (Wildman–Crippen MR) is 84.1 cm³/mol. The molecular weight excluding hydrogens is 284 g/mol. The van der Waals surface area contributed by atoms with E-state index in [1.165, 1.54) is 0 Å². The highest BCUT2D eigenvalue weighted by atomic mass is 16.5. The van der Waals surface area contributed by atoms with Gasteiger partial charge in [0.05, 0.1) is 19.1 Å².